The number of benzene rings is 1. The minimum atomic E-state index is -3.65. The maximum Gasteiger partial charge on any atom is 0.292 e. The average Bonchev–Trinajstić information content (AvgIpc) is 3.11. The molecule has 1 aromatic carbocycles. The number of nitrogens with one attached hydrogen (secondary N) is 1. The highest BCUT2D eigenvalue weighted by atomic mass is 19.3. The van der Waals surface area contributed by atoms with Crippen molar-refractivity contribution in [1.29, 1.82) is 0 Å². The molecule has 0 fully saturated rings. The molecular weight excluding hydrogens is 389 g/mol. The first-order chi connectivity index (χ1) is 13.5. The summed E-state index contributed by atoms with van der Waals surface area (Å²) in [4.78, 5) is 16.2. The number of anilines is 1. The molecule has 10 heteroatoms. The van der Waals surface area contributed by atoms with E-state index in [0.717, 1.165) is 25.5 Å². The van der Waals surface area contributed by atoms with E-state index in [-0.39, 0.29) is 23.7 Å². The highest BCUT2D eigenvalue weighted by Crippen LogP contribution is 2.38. The lowest BCUT2D eigenvalue weighted by Gasteiger charge is -2.34. The summed E-state index contributed by atoms with van der Waals surface area (Å²) in [6.07, 6.45) is 1.55. The number of oxazole rings is 1. The summed E-state index contributed by atoms with van der Waals surface area (Å²) in [5, 5.41) is 2.48. The second-order valence-corrected chi connectivity index (χ2v) is 6.68. The Kier molecular flexibility index (Phi) is 6.70. The number of aryl methyl sites for hydroxylation is 1. The molecule has 0 spiro atoms. The zero-order valence-electron chi connectivity index (χ0n) is 16.1. The summed E-state index contributed by atoms with van der Waals surface area (Å²) in [6, 6.07) is 3.22. The molecule has 2 aromatic rings. The number of hydrogen-bond acceptors (Lipinski definition) is 6. The molecule has 0 saturated carbocycles. The number of ether oxygens (including phenoxy) is 1. The van der Waals surface area contributed by atoms with Crippen LogP contribution in [0, 0.1) is 5.82 Å². The van der Waals surface area contributed by atoms with E-state index in [4.69, 9.17) is 20.6 Å². The van der Waals surface area contributed by atoms with Crippen LogP contribution in [-0.2, 0) is 16.7 Å². The number of rotatable bonds is 9. The highest BCUT2D eigenvalue weighted by molar-refractivity contribution is 6.03. The molecule has 0 aliphatic rings. The molecule has 0 bridgehead atoms. The van der Waals surface area contributed by atoms with E-state index in [0.29, 0.717) is 12.2 Å². The van der Waals surface area contributed by atoms with Crippen molar-refractivity contribution in [2.45, 2.75) is 31.7 Å². The van der Waals surface area contributed by atoms with Gasteiger partial charge in [0, 0.05) is 23.4 Å². The predicted molar refractivity (Wildman–Crippen MR) is 101 cm³/mol. The van der Waals surface area contributed by atoms with E-state index in [9.17, 15) is 18.0 Å². The first kappa shape index (κ1) is 22.4. The monoisotopic (exact) mass is 412 g/mol. The standard InChI is InChI=1S/C19H23F3N4O3/c1-4-15-16(25-10-29-15)17(27)26-12-5-6-14(20)13(7-12)18(3,24)19(21,22)9-28-8-11(2)23/h5-7,10H,2,4,8-9,23-24H2,1,3H3,(H,26,27)/t18-/m1/s1. The van der Waals surface area contributed by atoms with Gasteiger partial charge in [-0.1, -0.05) is 13.5 Å². The molecule has 1 atom stereocenters. The zero-order chi connectivity index (χ0) is 21.8. The van der Waals surface area contributed by atoms with Gasteiger partial charge in [0.25, 0.3) is 11.8 Å². The third-order valence-corrected chi connectivity index (χ3v) is 4.29. The van der Waals surface area contributed by atoms with Gasteiger partial charge < -0.3 is 25.9 Å². The topological polar surface area (TPSA) is 116 Å². The minimum absolute atomic E-state index is 0.0506. The van der Waals surface area contributed by atoms with Gasteiger partial charge in [-0.2, -0.15) is 0 Å². The van der Waals surface area contributed by atoms with Crippen LogP contribution in [-0.4, -0.2) is 30.0 Å². The van der Waals surface area contributed by atoms with Crippen LogP contribution in [0.25, 0.3) is 0 Å². The van der Waals surface area contributed by atoms with Crippen LogP contribution >= 0.6 is 0 Å². The van der Waals surface area contributed by atoms with E-state index < -0.39 is 35.4 Å². The Balaban J connectivity index is 2.27. The molecule has 29 heavy (non-hydrogen) atoms. The van der Waals surface area contributed by atoms with Gasteiger partial charge in [0.15, 0.2) is 12.1 Å². The van der Waals surface area contributed by atoms with E-state index in [1.807, 2.05) is 0 Å². The number of carbonyl (C=O) groups is 1. The molecule has 1 heterocycles. The SMILES string of the molecule is C=C(N)COCC(F)(F)[C@](C)(N)c1cc(NC(=O)c2ncoc2CC)ccc1F. The van der Waals surface area contributed by atoms with Gasteiger partial charge in [-0.05, 0) is 25.1 Å². The number of carbonyl (C=O) groups excluding carboxylic acids is 1. The van der Waals surface area contributed by atoms with E-state index in [2.05, 4.69) is 16.9 Å². The minimum Gasteiger partial charge on any atom is -0.448 e. The maximum atomic E-state index is 14.6. The zero-order valence-corrected chi connectivity index (χ0v) is 16.1. The number of halogens is 3. The first-order valence-corrected chi connectivity index (χ1v) is 8.71. The Morgan fingerprint density at radius 1 is 1.41 bits per heavy atom. The Morgan fingerprint density at radius 3 is 2.72 bits per heavy atom. The van der Waals surface area contributed by atoms with E-state index in [1.165, 1.54) is 6.07 Å². The Hall–Kier alpha value is -2.85. The molecule has 0 saturated heterocycles. The fourth-order valence-electron chi connectivity index (χ4n) is 2.56. The fraction of sp³-hybridized carbons (Fsp3) is 0.368. The first-order valence-electron chi connectivity index (χ1n) is 8.71. The Morgan fingerprint density at radius 2 is 2.10 bits per heavy atom. The van der Waals surface area contributed by atoms with Crippen molar-refractivity contribution in [2.75, 3.05) is 18.5 Å². The van der Waals surface area contributed by atoms with Crippen molar-refractivity contribution in [3.63, 3.8) is 0 Å². The quantitative estimate of drug-likeness (QED) is 0.583. The third kappa shape index (κ3) is 4.96. The van der Waals surface area contributed by atoms with Gasteiger partial charge >= 0.3 is 0 Å². The summed E-state index contributed by atoms with van der Waals surface area (Å²) in [5.41, 5.74) is 8.35. The summed E-state index contributed by atoms with van der Waals surface area (Å²) >= 11 is 0. The number of hydrogen-bond donors (Lipinski definition) is 3. The van der Waals surface area contributed by atoms with Gasteiger partial charge in [-0.15, -0.1) is 0 Å². The molecule has 5 N–H and O–H groups in total. The number of nitrogens with zero attached hydrogens (tertiary/aromatic N) is 1. The third-order valence-electron chi connectivity index (χ3n) is 4.29. The summed E-state index contributed by atoms with van der Waals surface area (Å²) in [6.45, 7) is 4.72. The summed E-state index contributed by atoms with van der Waals surface area (Å²) < 4.78 is 53.5. The molecule has 7 nitrogen and oxygen atoms in total. The van der Waals surface area contributed by atoms with Crippen molar-refractivity contribution < 1.29 is 27.1 Å². The average molecular weight is 412 g/mol. The van der Waals surface area contributed by atoms with Crippen LogP contribution in [0.2, 0.25) is 0 Å². The van der Waals surface area contributed by atoms with Crippen LogP contribution in [0.1, 0.15) is 35.7 Å². The molecule has 2 rings (SSSR count). The van der Waals surface area contributed by atoms with Crippen molar-refractivity contribution in [3.8, 4) is 0 Å². The van der Waals surface area contributed by atoms with Crippen molar-refractivity contribution in [3.05, 3.63) is 59.7 Å². The number of nitrogens with two attached hydrogens (primary N) is 2. The summed E-state index contributed by atoms with van der Waals surface area (Å²) in [5.74, 6) is -4.86. The Labute approximate surface area is 165 Å². The van der Waals surface area contributed by atoms with Crippen LogP contribution in [0.5, 0.6) is 0 Å². The molecule has 158 valence electrons. The molecular formula is C19H23F3N4O3. The second-order valence-electron chi connectivity index (χ2n) is 6.68. The van der Waals surface area contributed by atoms with Gasteiger partial charge in [-0.3, -0.25) is 4.79 Å². The van der Waals surface area contributed by atoms with Crippen molar-refractivity contribution >= 4 is 11.6 Å². The lowest BCUT2D eigenvalue weighted by Crippen LogP contribution is -2.53. The highest BCUT2D eigenvalue weighted by Gasteiger charge is 2.50. The fourth-order valence-corrected chi connectivity index (χ4v) is 2.56. The largest absolute Gasteiger partial charge is 0.448 e. The molecule has 1 amide bonds. The van der Waals surface area contributed by atoms with Crippen LogP contribution in [0.15, 0.2) is 41.3 Å². The lowest BCUT2D eigenvalue weighted by molar-refractivity contribution is -0.124. The molecule has 0 unspecified atom stereocenters. The van der Waals surface area contributed by atoms with Gasteiger partial charge in [0.2, 0.25) is 0 Å². The van der Waals surface area contributed by atoms with Crippen LogP contribution in [0.4, 0.5) is 18.9 Å². The van der Waals surface area contributed by atoms with E-state index >= 15 is 0 Å². The lowest BCUT2D eigenvalue weighted by atomic mass is 9.86. The molecule has 1 aromatic heterocycles. The summed E-state index contributed by atoms with van der Waals surface area (Å²) in [7, 11) is 0. The normalized spacial score (nSPS) is 13.7. The van der Waals surface area contributed by atoms with Crippen LogP contribution < -0.4 is 16.8 Å². The van der Waals surface area contributed by atoms with Crippen molar-refractivity contribution in [1.82, 2.24) is 4.98 Å². The Bertz CT molecular complexity index is 897. The predicted octanol–water partition coefficient (Wildman–Crippen LogP) is 2.93. The van der Waals surface area contributed by atoms with Crippen molar-refractivity contribution in [2.24, 2.45) is 11.5 Å². The van der Waals surface area contributed by atoms with E-state index in [1.54, 1.807) is 6.92 Å². The number of amides is 1. The number of alkyl halides is 2. The molecule has 0 aliphatic carbocycles. The maximum absolute atomic E-state index is 14.6. The second kappa shape index (κ2) is 8.66. The van der Waals surface area contributed by atoms with Gasteiger partial charge in [0.1, 0.15) is 23.7 Å². The molecule has 0 aliphatic heterocycles. The van der Waals surface area contributed by atoms with Gasteiger partial charge in [0.05, 0.1) is 6.61 Å². The molecule has 0 radical (unpaired) electrons. The van der Waals surface area contributed by atoms with Crippen LogP contribution in [0.3, 0.4) is 0 Å². The smallest absolute Gasteiger partial charge is 0.292 e. The number of aromatic nitrogens is 1. The van der Waals surface area contributed by atoms with Gasteiger partial charge in [-0.25, -0.2) is 18.2 Å².